The number of ether oxygens (including phenoxy) is 1. The van der Waals surface area contributed by atoms with Gasteiger partial charge < -0.3 is 9.57 Å². The van der Waals surface area contributed by atoms with Crippen LogP contribution in [0.3, 0.4) is 0 Å². The molecule has 0 aliphatic heterocycles. The molecule has 0 radical (unpaired) electrons. The van der Waals surface area contributed by atoms with Gasteiger partial charge in [-0.2, -0.15) is 0 Å². The van der Waals surface area contributed by atoms with E-state index < -0.39 is 5.38 Å². The first-order valence-electron chi connectivity index (χ1n) is 11.9. The number of hydrogen-bond donors (Lipinski definition) is 0. The number of alkyl halides is 1. The summed E-state index contributed by atoms with van der Waals surface area (Å²) >= 11 is 6.34. The van der Waals surface area contributed by atoms with Crippen LogP contribution in [-0.4, -0.2) is 30.3 Å². The average molecular weight is 451 g/mol. The van der Waals surface area contributed by atoms with Gasteiger partial charge in [0.05, 0.1) is 18.0 Å². The van der Waals surface area contributed by atoms with Crippen LogP contribution in [0.1, 0.15) is 89.7 Å². The van der Waals surface area contributed by atoms with Gasteiger partial charge in [-0.25, -0.2) is 0 Å². The molecule has 0 bridgehead atoms. The first-order valence-corrected chi connectivity index (χ1v) is 12.4. The fourth-order valence-corrected chi connectivity index (χ4v) is 3.84. The Morgan fingerprint density at radius 3 is 2.61 bits per heavy atom. The van der Waals surface area contributed by atoms with Gasteiger partial charge in [0.15, 0.2) is 6.73 Å². The van der Waals surface area contributed by atoms with Crippen molar-refractivity contribution in [3.8, 4) is 0 Å². The van der Waals surface area contributed by atoms with E-state index in [0.29, 0.717) is 13.0 Å². The molecule has 1 amide bonds. The van der Waals surface area contributed by atoms with E-state index >= 15 is 0 Å². The second-order valence-electron chi connectivity index (χ2n) is 8.19. The van der Waals surface area contributed by atoms with E-state index in [1.807, 2.05) is 13.0 Å². The Morgan fingerprint density at radius 2 is 1.94 bits per heavy atom. The predicted molar refractivity (Wildman–Crippen MR) is 129 cm³/mol. The Balaban J connectivity index is 2.12. The predicted octanol–water partition coefficient (Wildman–Crippen LogP) is 6.60. The van der Waals surface area contributed by atoms with E-state index in [1.165, 1.54) is 19.3 Å². The largest absolute Gasteiger partial charge is 0.377 e. The maximum absolute atomic E-state index is 13.1. The van der Waals surface area contributed by atoms with E-state index in [1.54, 1.807) is 4.90 Å². The van der Waals surface area contributed by atoms with Gasteiger partial charge in [-0.1, -0.05) is 57.3 Å². The highest BCUT2D eigenvalue weighted by Crippen LogP contribution is 2.26. The third-order valence-electron chi connectivity index (χ3n) is 5.69. The number of carbonyl (C=O) groups excluding carboxylic acids is 1. The van der Waals surface area contributed by atoms with Crippen LogP contribution < -0.4 is 4.90 Å². The lowest BCUT2D eigenvalue weighted by molar-refractivity contribution is -0.119. The third-order valence-corrected chi connectivity index (χ3v) is 6.18. The van der Waals surface area contributed by atoms with Crippen molar-refractivity contribution >= 4 is 28.9 Å². The van der Waals surface area contributed by atoms with Gasteiger partial charge in [0.2, 0.25) is 5.91 Å². The molecule has 1 unspecified atom stereocenters. The normalized spacial score (nSPS) is 14.5. The van der Waals surface area contributed by atoms with Crippen molar-refractivity contribution in [1.82, 2.24) is 0 Å². The molecule has 0 spiro atoms. The van der Waals surface area contributed by atoms with Crippen LogP contribution in [-0.2, 0) is 27.4 Å². The first-order chi connectivity index (χ1) is 15.1. The van der Waals surface area contributed by atoms with Crippen LogP contribution in [0.5, 0.6) is 0 Å². The summed E-state index contributed by atoms with van der Waals surface area (Å²) in [6.45, 7) is 7.57. The molecule has 174 valence electrons. The smallest absolute Gasteiger partial charge is 0.247 e. The summed E-state index contributed by atoms with van der Waals surface area (Å²) in [6.07, 6.45) is 10.4. The maximum atomic E-state index is 13.1. The molecule has 2 rings (SSSR count). The lowest BCUT2D eigenvalue weighted by atomic mass is 10.1. The van der Waals surface area contributed by atoms with Crippen molar-refractivity contribution in [3.63, 3.8) is 0 Å². The summed E-state index contributed by atoms with van der Waals surface area (Å²) < 4.78 is 5.87. The van der Waals surface area contributed by atoms with Crippen molar-refractivity contribution < 1.29 is 14.4 Å². The Hall–Kier alpha value is -1.59. The Morgan fingerprint density at radius 1 is 1.16 bits per heavy atom. The lowest BCUT2D eigenvalue weighted by Crippen LogP contribution is -2.38. The molecule has 1 fully saturated rings. The van der Waals surface area contributed by atoms with Crippen molar-refractivity contribution in [3.05, 3.63) is 29.3 Å². The Kier molecular flexibility index (Phi) is 12.0. The standard InChI is InChI=1S/C25H39ClN2O3/c1-4-7-8-11-16-30-18-20-14-15-21(5-2)24(17-20)28(25(29)23(26)6-3)19-31-27-22-12-9-10-13-22/h14-15,17,23H,4-13,16,18-19H2,1-3H3. The molecule has 0 saturated heterocycles. The molecular formula is C25H39ClN2O3. The summed E-state index contributed by atoms with van der Waals surface area (Å²) in [5, 5.41) is 3.68. The number of aryl methyl sites for hydroxylation is 1. The van der Waals surface area contributed by atoms with Crippen molar-refractivity contribution in [2.45, 2.75) is 97.0 Å². The number of hydrogen-bond acceptors (Lipinski definition) is 4. The third kappa shape index (κ3) is 8.46. The highest BCUT2D eigenvalue weighted by atomic mass is 35.5. The number of unbranched alkanes of at least 4 members (excludes halogenated alkanes) is 3. The molecule has 5 nitrogen and oxygen atoms in total. The molecule has 1 aromatic rings. The minimum absolute atomic E-state index is 0.0693. The topological polar surface area (TPSA) is 51.1 Å². The van der Waals surface area contributed by atoms with Crippen LogP contribution in [0.25, 0.3) is 0 Å². The monoisotopic (exact) mass is 450 g/mol. The first kappa shape index (κ1) is 25.7. The summed E-state index contributed by atoms with van der Waals surface area (Å²) in [6, 6.07) is 6.19. The van der Waals surface area contributed by atoms with Gasteiger partial charge in [0, 0.05) is 6.61 Å². The van der Waals surface area contributed by atoms with Gasteiger partial charge in [0.1, 0.15) is 5.38 Å². The van der Waals surface area contributed by atoms with Crippen molar-refractivity contribution in [2.24, 2.45) is 5.16 Å². The minimum atomic E-state index is -0.592. The fraction of sp³-hybridized carbons (Fsp3) is 0.680. The van der Waals surface area contributed by atoms with E-state index in [4.69, 9.17) is 21.2 Å². The van der Waals surface area contributed by atoms with Crippen LogP contribution in [0.2, 0.25) is 0 Å². The van der Waals surface area contributed by atoms with Gasteiger partial charge in [0.25, 0.3) is 0 Å². The molecule has 0 aromatic heterocycles. The number of rotatable bonds is 14. The number of nitrogens with zero attached hydrogens (tertiary/aromatic N) is 2. The van der Waals surface area contributed by atoms with Crippen LogP contribution in [0.15, 0.2) is 23.4 Å². The number of amides is 1. The molecule has 1 aliphatic rings. The molecule has 0 N–H and O–H groups in total. The molecule has 1 saturated carbocycles. The molecular weight excluding hydrogens is 412 g/mol. The molecule has 31 heavy (non-hydrogen) atoms. The zero-order valence-electron chi connectivity index (χ0n) is 19.5. The van der Waals surface area contributed by atoms with Gasteiger partial charge in [-0.3, -0.25) is 9.69 Å². The van der Waals surface area contributed by atoms with Crippen molar-refractivity contribution in [2.75, 3.05) is 18.2 Å². The summed E-state index contributed by atoms with van der Waals surface area (Å²) in [7, 11) is 0. The van der Waals surface area contributed by atoms with Gasteiger partial charge >= 0.3 is 0 Å². The second kappa shape index (κ2) is 14.5. The second-order valence-corrected chi connectivity index (χ2v) is 8.72. The molecule has 6 heteroatoms. The van der Waals surface area contributed by atoms with Crippen molar-refractivity contribution in [1.29, 1.82) is 0 Å². The Labute approximate surface area is 193 Å². The van der Waals surface area contributed by atoms with Crippen LogP contribution in [0, 0.1) is 0 Å². The molecule has 1 aromatic carbocycles. The highest BCUT2D eigenvalue weighted by Gasteiger charge is 2.25. The number of halogens is 1. The van der Waals surface area contributed by atoms with Gasteiger partial charge in [-0.15, -0.1) is 11.6 Å². The summed E-state index contributed by atoms with van der Waals surface area (Å²) in [4.78, 5) is 20.3. The zero-order valence-corrected chi connectivity index (χ0v) is 20.3. The van der Waals surface area contributed by atoms with Gasteiger partial charge in [-0.05, 0) is 62.1 Å². The number of carbonyl (C=O) groups is 1. The van der Waals surface area contributed by atoms with E-state index in [-0.39, 0.29) is 12.6 Å². The summed E-state index contributed by atoms with van der Waals surface area (Å²) in [5.41, 5.74) is 4.04. The maximum Gasteiger partial charge on any atom is 0.247 e. The molecule has 1 atom stereocenters. The molecule has 0 heterocycles. The van der Waals surface area contributed by atoms with E-state index in [2.05, 4.69) is 31.1 Å². The molecule has 1 aliphatic carbocycles. The highest BCUT2D eigenvalue weighted by molar-refractivity contribution is 6.32. The number of anilines is 1. The fourth-order valence-electron chi connectivity index (χ4n) is 3.72. The number of benzene rings is 1. The SMILES string of the molecule is CCCCCCOCc1ccc(CC)c(N(CON=C2CCCC2)C(=O)C(Cl)CC)c1. The average Bonchev–Trinajstić information content (AvgIpc) is 3.31. The quantitative estimate of drug-likeness (QED) is 0.139. The number of oxime groups is 1. The van der Waals surface area contributed by atoms with E-state index in [9.17, 15) is 4.79 Å². The van der Waals surface area contributed by atoms with Crippen LogP contribution >= 0.6 is 11.6 Å². The summed E-state index contributed by atoms with van der Waals surface area (Å²) in [5.74, 6) is -0.150. The van der Waals surface area contributed by atoms with Crippen LogP contribution in [0.4, 0.5) is 5.69 Å². The Bertz CT molecular complexity index is 700. The zero-order chi connectivity index (χ0) is 22.5. The van der Waals surface area contributed by atoms with E-state index in [0.717, 1.165) is 67.7 Å². The minimum Gasteiger partial charge on any atom is -0.377 e. The lowest BCUT2D eigenvalue weighted by Gasteiger charge is -2.26.